The third-order valence-corrected chi connectivity index (χ3v) is 5.02. The summed E-state index contributed by atoms with van der Waals surface area (Å²) in [5, 5.41) is 0. The van der Waals surface area contributed by atoms with Gasteiger partial charge in [0, 0.05) is 0 Å². The topological polar surface area (TPSA) is 0 Å². The summed E-state index contributed by atoms with van der Waals surface area (Å²) in [6, 6.07) is 0. The lowest BCUT2D eigenvalue weighted by molar-refractivity contribution is 0.0943. The highest BCUT2D eigenvalue weighted by Gasteiger charge is 2.46. The molecule has 4 atom stereocenters. The van der Waals surface area contributed by atoms with E-state index >= 15 is 0 Å². The van der Waals surface area contributed by atoms with Crippen molar-refractivity contribution < 1.29 is 0 Å². The Kier molecular flexibility index (Phi) is 3.23. The average Bonchev–Trinajstić information content (AvgIpc) is 2.51. The number of rotatable bonds is 3. The Bertz CT molecular complexity index is 257. The van der Waals surface area contributed by atoms with Crippen LogP contribution in [0, 0.1) is 23.7 Å². The van der Waals surface area contributed by atoms with Gasteiger partial charge in [-0.1, -0.05) is 30.9 Å². The molecule has 0 heterocycles. The van der Waals surface area contributed by atoms with Gasteiger partial charge in [-0.2, -0.15) is 0 Å². The first-order valence-electron chi connectivity index (χ1n) is 6.77. The Morgan fingerprint density at radius 2 is 1.80 bits per heavy atom. The fourth-order valence-electron chi connectivity index (χ4n) is 3.84. The molecule has 2 rings (SSSR count). The first kappa shape index (κ1) is 11.2. The molecule has 4 unspecified atom stereocenters. The Morgan fingerprint density at radius 3 is 2.40 bits per heavy atom. The molecule has 0 radical (unpaired) electrons. The fraction of sp³-hybridized carbons (Fsp3) is 0.867. The summed E-state index contributed by atoms with van der Waals surface area (Å²) in [6.45, 7) is 9.25. The predicted octanol–water partition coefficient (Wildman–Crippen LogP) is 4.81. The van der Waals surface area contributed by atoms with E-state index in [-0.39, 0.29) is 0 Å². The van der Waals surface area contributed by atoms with Gasteiger partial charge >= 0.3 is 0 Å². The van der Waals surface area contributed by atoms with Gasteiger partial charge in [0.25, 0.3) is 0 Å². The van der Waals surface area contributed by atoms with Gasteiger partial charge in [-0.05, 0) is 63.7 Å². The third-order valence-electron chi connectivity index (χ3n) is 5.02. The lowest BCUT2D eigenvalue weighted by Crippen LogP contribution is -2.32. The van der Waals surface area contributed by atoms with Gasteiger partial charge in [-0.25, -0.2) is 0 Å². The SMILES string of the molecule is CCCC1CC2CC(C(C)=C(C)C)CC12. The van der Waals surface area contributed by atoms with E-state index in [9.17, 15) is 0 Å². The van der Waals surface area contributed by atoms with E-state index < -0.39 is 0 Å². The van der Waals surface area contributed by atoms with E-state index in [0.717, 1.165) is 23.7 Å². The van der Waals surface area contributed by atoms with E-state index in [2.05, 4.69) is 27.7 Å². The maximum atomic E-state index is 2.36. The summed E-state index contributed by atoms with van der Waals surface area (Å²) in [7, 11) is 0. The van der Waals surface area contributed by atoms with Gasteiger partial charge in [0.15, 0.2) is 0 Å². The second-order valence-corrected chi connectivity index (χ2v) is 6.06. The molecule has 2 aliphatic carbocycles. The highest BCUT2D eigenvalue weighted by atomic mass is 14.5. The van der Waals surface area contributed by atoms with Crippen molar-refractivity contribution in [3.05, 3.63) is 11.1 Å². The maximum Gasteiger partial charge on any atom is -0.0198 e. The molecular weight excluding hydrogens is 180 g/mol. The Balaban J connectivity index is 1.93. The molecule has 0 amide bonds. The van der Waals surface area contributed by atoms with Crippen molar-refractivity contribution in [1.82, 2.24) is 0 Å². The first-order chi connectivity index (χ1) is 7.13. The molecule has 0 aliphatic heterocycles. The fourth-order valence-corrected chi connectivity index (χ4v) is 3.84. The number of fused-ring (bicyclic) bond motifs is 1. The molecule has 0 nitrogen and oxygen atoms in total. The van der Waals surface area contributed by atoms with Crippen LogP contribution in [0.3, 0.4) is 0 Å². The van der Waals surface area contributed by atoms with Gasteiger partial charge in [0.1, 0.15) is 0 Å². The number of hydrogen-bond donors (Lipinski definition) is 0. The molecule has 0 aromatic heterocycles. The highest BCUT2D eigenvalue weighted by Crippen LogP contribution is 2.56. The van der Waals surface area contributed by atoms with Gasteiger partial charge in [0.05, 0.1) is 0 Å². The minimum absolute atomic E-state index is 0.937. The van der Waals surface area contributed by atoms with Crippen LogP contribution in [0.15, 0.2) is 11.1 Å². The molecule has 0 heteroatoms. The van der Waals surface area contributed by atoms with Crippen molar-refractivity contribution in [2.45, 2.75) is 59.8 Å². The molecule has 0 aromatic carbocycles. The van der Waals surface area contributed by atoms with Crippen LogP contribution in [0.25, 0.3) is 0 Å². The smallest absolute Gasteiger partial charge is 0.0198 e. The molecule has 2 saturated carbocycles. The first-order valence-corrected chi connectivity index (χ1v) is 6.77. The summed E-state index contributed by atoms with van der Waals surface area (Å²) in [4.78, 5) is 0. The predicted molar refractivity (Wildman–Crippen MR) is 66.8 cm³/mol. The molecule has 0 spiro atoms. The largest absolute Gasteiger partial charge is 0.0772 e. The third kappa shape index (κ3) is 2.00. The molecule has 0 aromatic rings. The number of hydrogen-bond acceptors (Lipinski definition) is 0. The zero-order valence-electron chi connectivity index (χ0n) is 10.8. The monoisotopic (exact) mass is 206 g/mol. The van der Waals surface area contributed by atoms with Crippen molar-refractivity contribution in [2.75, 3.05) is 0 Å². The van der Waals surface area contributed by atoms with Crippen molar-refractivity contribution in [1.29, 1.82) is 0 Å². The van der Waals surface area contributed by atoms with Crippen molar-refractivity contribution in [3.63, 3.8) is 0 Å². The molecule has 0 N–H and O–H groups in total. The second-order valence-electron chi connectivity index (χ2n) is 6.06. The normalized spacial score (nSPS) is 38.4. The Morgan fingerprint density at radius 1 is 1.07 bits per heavy atom. The van der Waals surface area contributed by atoms with Crippen molar-refractivity contribution >= 4 is 0 Å². The van der Waals surface area contributed by atoms with Crippen LogP contribution in [0.4, 0.5) is 0 Å². The summed E-state index contributed by atoms with van der Waals surface area (Å²) < 4.78 is 0. The highest BCUT2D eigenvalue weighted by molar-refractivity contribution is 5.15. The minimum atomic E-state index is 0.937. The molecule has 15 heavy (non-hydrogen) atoms. The zero-order valence-corrected chi connectivity index (χ0v) is 10.8. The van der Waals surface area contributed by atoms with E-state index in [1.807, 2.05) is 0 Å². The Hall–Kier alpha value is -0.260. The molecule has 2 aliphatic rings. The van der Waals surface area contributed by atoms with Crippen molar-refractivity contribution in [3.8, 4) is 0 Å². The molecule has 0 saturated heterocycles. The van der Waals surface area contributed by atoms with Crippen molar-refractivity contribution in [2.24, 2.45) is 23.7 Å². The van der Waals surface area contributed by atoms with Gasteiger partial charge < -0.3 is 0 Å². The van der Waals surface area contributed by atoms with Crippen LogP contribution < -0.4 is 0 Å². The molecule has 0 bridgehead atoms. The van der Waals surface area contributed by atoms with E-state index in [1.165, 1.54) is 25.7 Å². The van der Waals surface area contributed by atoms with Gasteiger partial charge in [-0.3, -0.25) is 0 Å². The molecule has 2 fully saturated rings. The zero-order chi connectivity index (χ0) is 11.0. The Labute approximate surface area is 95.1 Å². The van der Waals surface area contributed by atoms with Crippen LogP contribution in [-0.2, 0) is 0 Å². The second kappa shape index (κ2) is 4.31. The quantitative estimate of drug-likeness (QED) is 0.582. The van der Waals surface area contributed by atoms with Crippen LogP contribution in [0.5, 0.6) is 0 Å². The summed E-state index contributed by atoms with van der Waals surface area (Å²) in [5.74, 6) is 4.23. The van der Waals surface area contributed by atoms with E-state index in [0.29, 0.717) is 0 Å². The lowest BCUT2D eigenvalue weighted by Gasteiger charge is -2.40. The van der Waals surface area contributed by atoms with E-state index in [4.69, 9.17) is 0 Å². The average molecular weight is 206 g/mol. The molecule has 86 valence electrons. The van der Waals surface area contributed by atoms with Crippen LogP contribution in [0.1, 0.15) is 59.8 Å². The molecular formula is C15H26. The summed E-state index contributed by atoms with van der Waals surface area (Å²) in [5.41, 5.74) is 3.26. The summed E-state index contributed by atoms with van der Waals surface area (Å²) in [6.07, 6.45) is 7.43. The maximum absolute atomic E-state index is 2.36. The van der Waals surface area contributed by atoms with Crippen LogP contribution >= 0.6 is 0 Å². The lowest BCUT2D eigenvalue weighted by atomic mass is 9.65. The van der Waals surface area contributed by atoms with Crippen LogP contribution in [-0.4, -0.2) is 0 Å². The summed E-state index contributed by atoms with van der Waals surface area (Å²) >= 11 is 0. The minimum Gasteiger partial charge on any atom is -0.0772 e. The van der Waals surface area contributed by atoms with Gasteiger partial charge in [0.2, 0.25) is 0 Å². The standard InChI is InChI=1S/C15H26/c1-5-6-12-7-14-8-13(9-15(12)14)11(4)10(2)3/h12-15H,5-9H2,1-4H3. The number of allylic oxidation sites excluding steroid dienone is 2. The van der Waals surface area contributed by atoms with Crippen LogP contribution in [0.2, 0.25) is 0 Å². The van der Waals surface area contributed by atoms with Gasteiger partial charge in [-0.15, -0.1) is 0 Å². The van der Waals surface area contributed by atoms with E-state index in [1.54, 1.807) is 17.6 Å².